The molecule has 28 heavy (non-hydrogen) atoms. The average molecular weight is 473 g/mol. The largest absolute Gasteiger partial charge is 0.467 e. The second kappa shape index (κ2) is 9.26. The van der Waals surface area contributed by atoms with Gasteiger partial charge in [0.05, 0.1) is 18.6 Å². The maximum Gasteiger partial charge on any atom is 0.333 e. The standard InChI is InChI=1S/C18H18BrFN2O5S/c1-22(28(25,26)15-9-7-14(20)8-10-15)11-16(23)21-17(18(24)27-2)12-3-5-13(19)6-4-12/h3-10,17H,11H2,1-2H3,(H,21,23). The molecule has 0 spiro atoms. The van der Waals surface area contributed by atoms with E-state index >= 15 is 0 Å². The van der Waals surface area contributed by atoms with Crippen LogP contribution in [0.4, 0.5) is 4.39 Å². The Labute approximate surface area is 170 Å². The lowest BCUT2D eigenvalue weighted by Crippen LogP contribution is -2.42. The smallest absolute Gasteiger partial charge is 0.333 e. The van der Waals surface area contributed by atoms with Gasteiger partial charge in [0.2, 0.25) is 15.9 Å². The molecule has 150 valence electrons. The normalized spacial score (nSPS) is 12.5. The Morgan fingerprint density at radius 1 is 1.14 bits per heavy atom. The highest BCUT2D eigenvalue weighted by molar-refractivity contribution is 9.10. The number of hydrogen-bond acceptors (Lipinski definition) is 5. The molecule has 1 amide bonds. The maximum absolute atomic E-state index is 13.0. The molecule has 1 atom stereocenters. The molecule has 0 aliphatic carbocycles. The van der Waals surface area contributed by atoms with Crippen LogP contribution in [-0.4, -0.2) is 45.3 Å². The lowest BCUT2D eigenvalue weighted by atomic mass is 10.1. The van der Waals surface area contributed by atoms with Gasteiger partial charge in [0.25, 0.3) is 0 Å². The van der Waals surface area contributed by atoms with Crippen molar-refractivity contribution in [1.29, 1.82) is 0 Å². The van der Waals surface area contributed by atoms with Gasteiger partial charge < -0.3 is 10.1 Å². The molecule has 7 nitrogen and oxygen atoms in total. The van der Waals surface area contributed by atoms with Crippen LogP contribution in [0.5, 0.6) is 0 Å². The van der Waals surface area contributed by atoms with E-state index in [9.17, 15) is 22.4 Å². The van der Waals surface area contributed by atoms with Crippen LogP contribution in [0.25, 0.3) is 0 Å². The summed E-state index contributed by atoms with van der Waals surface area (Å²) in [6.45, 7) is -0.538. The average Bonchev–Trinajstić information content (AvgIpc) is 2.66. The first-order valence-corrected chi connectivity index (χ1v) is 10.2. The number of carbonyl (C=O) groups excluding carboxylic acids is 2. The molecule has 0 aliphatic heterocycles. The van der Waals surface area contributed by atoms with E-state index < -0.39 is 40.3 Å². The first-order valence-electron chi connectivity index (χ1n) is 7.99. The fourth-order valence-corrected chi connectivity index (χ4v) is 3.72. The van der Waals surface area contributed by atoms with E-state index in [2.05, 4.69) is 21.2 Å². The van der Waals surface area contributed by atoms with Crippen molar-refractivity contribution in [2.45, 2.75) is 10.9 Å². The number of nitrogens with zero attached hydrogens (tertiary/aromatic N) is 1. The minimum absolute atomic E-state index is 0.151. The van der Waals surface area contributed by atoms with Gasteiger partial charge in [-0.25, -0.2) is 17.6 Å². The molecule has 10 heteroatoms. The second-order valence-corrected chi connectivity index (χ2v) is 8.75. The third kappa shape index (κ3) is 5.37. The van der Waals surface area contributed by atoms with Gasteiger partial charge in [-0.2, -0.15) is 4.31 Å². The fourth-order valence-electron chi connectivity index (χ4n) is 2.33. The van der Waals surface area contributed by atoms with Crippen LogP contribution in [0.1, 0.15) is 11.6 Å². The fraction of sp³-hybridized carbons (Fsp3) is 0.222. The van der Waals surface area contributed by atoms with Crippen LogP contribution in [0.15, 0.2) is 57.9 Å². The Morgan fingerprint density at radius 2 is 1.71 bits per heavy atom. The summed E-state index contributed by atoms with van der Waals surface area (Å²) in [4.78, 5) is 24.3. The number of hydrogen-bond donors (Lipinski definition) is 1. The molecule has 2 rings (SSSR count). The highest BCUT2D eigenvalue weighted by Gasteiger charge is 2.27. The number of likely N-dealkylation sites (N-methyl/N-ethyl adjacent to an activating group) is 1. The first kappa shape index (κ1) is 22.0. The van der Waals surface area contributed by atoms with Gasteiger partial charge in [0.15, 0.2) is 6.04 Å². The number of methoxy groups -OCH3 is 1. The first-order chi connectivity index (χ1) is 13.1. The summed E-state index contributed by atoms with van der Waals surface area (Å²) < 4.78 is 44.3. The van der Waals surface area contributed by atoms with E-state index in [0.717, 1.165) is 33.0 Å². The van der Waals surface area contributed by atoms with Gasteiger partial charge in [-0.15, -0.1) is 0 Å². The lowest BCUT2D eigenvalue weighted by Gasteiger charge is -2.20. The molecule has 0 aliphatic rings. The predicted molar refractivity (Wildman–Crippen MR) is 103 cm³/mol. The van der Waals surface area contributed by atoms with Crippen LogP contribution in [0.3, 0.4) is 0 Å². The van der Waals surface area contributed by atoms with Crippen LogP contribution in [0, 0.1) is 5.82 Å². The summed E-state index contributed by atoms with van der Waals surface area (Å²) >= 11 is 3.28. The molecule has 1 N–H and O–H groups in total. The summed E-state index contributed by atoms with van der Waals surface area (Å²) in [5.74, 6) is -1.97. The molecular formula is C18H18BrFN2O5S. The molecule has 0 aromatic heterocycles. The van der Waals surface area contributed by atoms with E-state index in [1.807, 2.05) is 0 Å². The van der Waals surface area contributed by atoms with Crippen LogP contribution < -0.4 is 5.32 Å². The van der Waals surface area contributed by atoms with Gasteiger partial charge in [-0.1, -0.05) is 28.1 Å². The van der Waals surface area contributed by atoms with Crippen molar-refractivity contribution in [3.05, 3.63) is 64.4 Å². The summed E-state index contributed by atoms with van der Waals surface area (Å²) in [6.07, 6.45) is 0. The van der Waals surface area contributed by atoms with Gasteiger partial charge in [-0.05, 0) is 42.0 Å². The van der Waals surface area contributed by atoms with E-state index in [1.54, 1.807) is 24.3 Å². The van der Waals surface area contributed by atoms with Crippen molar-refractivity contribution in [2.75, 3.05) is 20.7 Å². The van der Waals surface area contributed by atoms with Crippen molar-refractivity contribution < 1.29 is 27.1 Å². The number of rotatable bonds is 7. The molecular weight excluding hydrogens is 455 g/mol. The van der Waals surface area contributed by atoms with Crippen LogP contribution in [0.2, 0.25) is 0 Å². The summed E-state index contributed by atoms with van der Waals surface area (Å²) in [6, 6.07) is 9.81. The maximum atomic E-state index is 13.0. The number of ether oxygens (including phenoxy) is 1. The van der Waals surface area contributed by atoms with Gasteiger partial charge in [0.1, 0.15) is 5.82 Å². The number of sulfonamides is 1. The number of halogens is 2. The summed E-state index contributed by atoms with van der Waals surface area (Å²) in [7, 11) is -1.60. The Hall–Kier alpha value is -2.30. The summed E-state index contributed by atoms with van der Waals surface area (Å²) in [5, 5.41) is 2.47. The van der Waals surface area contributed by atoms with Crippen molar-refractivity contribution >= 4 is 37.8 Å². The number of esters is 1. The predicted octanol–water partition coefficient (Wildman–Crippen LogP) is 2.24. The second-order valence-electron chi connectivity index (χ2n) is 5.79. The minimum Gasteiger partial charge on any atom is -0.467 e. The van der Waals surface area contributed by atoms with E-state index in [4.69, 9.17) is 4.74 Å². The Morgan fingerprint density at radius 3 is 2.25 bits per heavy atom. The molecule has 0 fully saturated rings. The van der Waals surface area contributed by atoms with Crippen LogP contribution in [-0.2, 0) is 24.3 Å². The zero-order valence-electron chi connectivity index (χ0n) is 15.1. The monoisotopic (exact) mass is 472 g/mol. The lowest BCUT2D eigenvalue weighted by molar-refractivity contribution is -0.145. The third-order valence-corrected chi connectivity index (χ3v) is 6.18. The van der Waals surface area contributed by atoms with Crippen molar-refractivity contribution in [3.63, 3.8) is 0 Å². The molecule has 2 aromatic rings. The topological polar surface area (TPSA) is 92.8 Å². The Bertz CT molecular complexity index is 949. The highest BCUT2D eigenvalue weighted by Crippen LogP contribution is 2.19. The zero-order valence-corrected chi connectivity index (χ0v) is 17.5. The molecule has 0 saturated carbocycles. The molecule has 1 unspecified atom stereocenters. The SMILES string of the molecule is COC(=O)C(NC(=O)CN(C)S(=O)(=O)c1ccc(F)cc1)c1ccc(Br)cc1. The van der Waals surface area contributed by atoms with Gasteiger partial charge >= 0.3 is 5.97 Å². The molecule has 0 saturated heterocycles. The number of benzene rings is 2. The number of carbonyl (C=O) groups is 2. The van der Waals surface area contributed by atoms with E-state index in [1.165, 1.54) is 14.2 Å². The van der Waals surface area contributed by atoms with Crippen molar-refractivity contribution in [1.82, 2.24) is 9.62 Å². The Balaban J connectivity index is 2.14. The third-order valence-electron chi connectivity index (χ3n) is 3.83. The number of nitrogens with one attached hydrogen (secondary N) is 1. The molecule has 0 radical (unpaired) electrons. The molecule has 0 heterocycles. The van der Waals surface area contributed by atoms with Crippen molar-refractivity contribution in [2.24, 2.45) is 0 Å². The van der Waals surface area contributed by atoms with E-state index in [-0.39, 0.29) is 4.90 Å². The van der Waals surface area contributed by atoms with Gasteiger partial charge in [-0.3, -0.25) is 4.79 Å². The number of amides is 1. The Kier molecular flexibility index (Phi) is 7.28. The summed E-state index contributed by atoms with van der Waals surface area (Å²) in [5.41, 5.74) is 0.479. The molecule has 0 bridgehead atoms. The highest BCUT2D eigenvalue weighted by atomic mass is 79.9. The zero-order chi connectivity index (χ0) is 20.9. The minimum atomic E-state index is -4.00. The van der Waals surface area contributed by atoms with Gasteiger partial charge in [0, 0.05) is 11.5 Å². The van der Waals surface area contributed by atoms with Crippen LogP contribution >= 0.6 is 15.9 Å². The van der Waals surface area contributed by atoms with Crippen molar-refractivity contribution in [3.8, 4) is 0 Å². The van der Waals surface area contributed by atoms with E-state index in [0.29, 0.717) is 5.56 Å². The molecule has 2 aromatic carbocycles. The quantitative estimate of drug-likeness (QED) is 0.623.